The molecule has 1 amide bonds. The summed E-state index contributed by atoms with van der Waals surface area (Å²) in [5.74, 6) is 3.64. The molecule has 1 aromatic carbocycles. The first-order valence-corrected chi connectivity index (χ1v) is 11.2. The van der Waals surface area contributed by atoms with E-state index in [1.165, 1.54) is 17.2 Å². The SMILES string of the molecule is COc1ccc2nc(C)c(C(=O)NCCOc3ccc(N4CCSCC4)cc3)n2c1. The first kappa shape index (κ1) is 20.4. The fourth-order valence-electron chi connectivity index (χ4n) is 3.53. The number of rotatable bonds is 7. The number of imidazole rings is 1. The highest BCUT2D eigenvalue weighted by molar-refractivity contribution is 7.99. The molecule has 0 saturated carbocycles. The number of nitrogens with zero attached hydrogens (tertiary/aromatic N) is 3. The van der Waals surface area contributed by atoms with Crippen LogP contribution in [0.25, 0.3) is 5.65 Å². The lowest BCUT2D eigenvalue weighted by molar-refractivity contribution is 0.0940. The molecule has 0 unspecified atom stereocenters. The first-order valence-electron chi connectivity index (χ1n) is 10.0. The maximum Gasteiger partial charge on any atom is 0.270 e. The van der Waals surface area contributed by atoms with E-state index in [4.69, 9.17) is 9.47 Å². The number of pyridine rings is 1. The van der Waals surface area contributed by atoms with Crippen LogP contribution in [0.4, 0.5) is 5.69 Å². The Kier molecular flexibility index (Phi) is 6.32. The summed E-state index contributed by atoms with van der Waals surface area (Å²) in [6.07, 6.45) is 1.77. The Morgan fingerprint density at radius 2 is 1.87 bits per heavy atom. The van der Waals surface area contributed by atoms with Crippen molar-refractivity contribution < 1.29 is 14.3 Å². The minimum Gasteiger partial charge on any atom is -0.495 e. The van der Waals surface area contributed by atoms with Crippen molar-refractivity contribution in [2.45, 2.75) is 6.92 Å². The minimum absolute atomic E-state index is 0.185. The molecule has 0 radical (unpaired) electrons. The molecule has 158 valence electrons. The average molecular weight is 427 g/mol. The van der Waals surface area contributed by atoms with Crippen LogP contribution in [0.1, 0.15) is 16.2 Å². The van der Waals surface area contributed by atoms with E-state index in [0.29, 0.717) is 35.9 Å². The predicted octanol–water partition coefficient (Wildman–Crippen LogP) is 3.01. The molecule has 3 aromatic rings. The van der Waals surface area contributed by atoms with Gasteiger partial charge in [-0.3, -0.25) is 9.20 Å². The van der Waals surface area contributed by atoms with Gasteiger partial charge < -0.3 is 19.7 Å². The normalized spacial score (nSPS) is 14.0. The van der Waals surface area contributed by atoms with Crippen LogP contribution in [0.15, 0.2) is 42.6 Å². The van der Waals surface area contributed by atoms with Crippen LogP contribution >= 0.6 is 11.8 Å². The third kappa shape index (κ3) is 4.48. The number of methoxy groups -OCH3 is 1. The maximum absolute atomic E-state index is 12.7. The molecular formula is C22H26N4O3S. The second-order valence-corrected chi connectivity index (χ2v) is 8.27. The molecule has 2 aromatic heterocycles. The van der Waals surface area contributed by atoms with Crippen molar-refractivity contribution in [3.05, 3.63) is 54.0 Å². The topological polar surface area (TPSA) is 68.1 Å². The number of anilines is 1. The summed E-state index contributed by atoms with van der Waals surface area (Å²) in [5, 5.41) is 2.91. The Morgan fingerprint density at radius 1 is 1.13 bits per heavy atom. The van der Waals surface area contributed by atoms with Crippen molar-refractivity contribution in [1.82, 2.24) is 14.7 Å². The summed E-state index contributed by atoms with van der Waals surface area (Å²) in [5.41, 5.74) is 3.12. The zero-order chi connectivity index (χ0) is 20.9. The Balaban J connectivity index is 1.31. The molecule has 0 spiro atoms. The fourth-order valence-corrected chi connectivity index (χ4v) is 4.43. The van der Waals surface area contributed by atoms with E-state index in [1.54, 1.807) is 17.7 Å². The molecular weight excluding hydrogens is 400 g/mol. The van der Waals surface area contributed by atoms with Gasteiger partial charge in [0, 0.05) is 30.3 Å². The first-order chi connectivity index (χ1) is 14.7. The monoisotopic (exact) mass is 426 g/mol. The predicted molar refractivity (Wildman–Crippen MR) is 120 cm³/mol. The summed E-state index contributed by atoms with van der Waals surface area (Å²) in [7, 11) is 1.60. The van der Waals surface area contributed by atoms with Crippen molar-refractivity contribution in [3.8, 4) is 11.5 Å². The Hall–Kier alpha value is -2.87. The number of carbonyl (C=O) groups excluding carboxylic acids is 1. The molecule has 1 aliphatic heterocycles. The van der Waals surface area contributed by atoms with Crippen molar-refractivity contribution in [3.63, 3.8) is 0 Å². The lowest BCUT2D eigenvalue weighted by Crippen LogP contribution is -2.32. The lowest BCUT2D eigenvalue weighted by Gasteiger charge is -2.28. The third-order valence-electron chi connectivity index (χ3n) is 5.09. The molecule has 1 saturated heterocycles. The summed E-state index contributed by atoms with van der Waals surface area (Å²) in [4.78, 5) is 19.5. The van der Waals surface area contributed by atoms with Gasteiger partial charge in [0.1, 0.15) is 29.4 Å². The molecule has 0 atom stereocenters. The average Bonchev–Trinajstić information content (AvgIpc) is 3.12. The second-order valence-electron chi connectivity index (χ2n) is 7.04. The standard InChI is InChI=1S/C22H26N4O3S/c1-16-21(26-15-19(28-2)7-8-20(26)24-16)22(27)23-9-12-29-18-5-3-17(4-6-18)25-10-13-30-14-11-25/h3-8,15H,9-14H2,1-2H3,(H,23,27). The molecule has 0 bridgehead atoms. The van der Waals surface area contributed by atoms with Crippen LogP contribution < -0.4 is 19.7 Å². The highest BCUT2D eigenvalue weighted by Gasteiger charge is 2.17. The van der Waals surface area contributed by atoms with Gasteiger partial charge in [-0.15, -0.1) is 0 Å². The number of benzene rings is 1. The number of aryl methyl sites for hydroxylation is 1. The van der Waals surface area contributed by atoms with Crippen LogP contribution in [-0.2, 0) is 0 Å². The minimum atomic E-state index is -0.185. The van der Waals surface area contributed by atoms with E-state index in [1.807, 2.05) is 43.0 Å². The van der Waals surface area contributed by atoms with Gasteiger partial charge in [0.2, 0.25) is 0 Å². The number of aromatic nitrogens is 2. The number of nitrogens with one attached hydrogen (secondary N) is 1. The number of fused-ring (bicyclic) bond motifs is 1. The summed E-state index contributed by atoms with van der Waals surface area (Å²) in [6.45, 7) is 4.80. The van der Waals surface area contributed by atoms with Gasteiger partial charge in [0.05, 0.1) is 25.5 Å². The second kappa shape index (κ2) is 9.30. The molecule has 0 aliphatic carbocycles. The molecule has 1 fully saturated rings. The van der Waals surface area contributed by atoms with Gasteiger partial charge >= 0.3 is 0 Å². The van der Waals surface area contributed by atoms with Crippen LogP contribution in [-0.4, -0.2) is 60.1 Å². The quantitative estimate of drug-likeness (QED) is 0.586. The molecule has 1 N–H and O–H groups in total. The van der Waals surface area contributed by atoms with Crippen LogP contribution in [0.5, 0.6) is 11.5 Å². The highest BCUT2D eigenvalue weighted by atomic mass is 32.2. The number of amides is 1. The lowest BCUT2D eigenvalue weighted by atomic mass is 10.2. The Bertz CT molecular complexity index is 1010. The smallest absolute Gasteiger partial charge is 0.270 e. The van der Waals surface area contributed by atoms with Crippen molar-refractivity contribution >= 4 is 29.0 Å². The highest BCUT2D eigenvalue weighted by Crippen LogP contribution is 2.22. The van der Waals surface area contributed by atoms with E-state index in [9.17, 15) is 4.79 Å². The third-order valence-corrected chi connectivity index (χ3v) is 6.03. The van der Waals surface area contributed by atoms with E-state index >= 15 is 0 Å². The van der Waals surface area contributed by atoms with Crippen LogP contribution in [0.2, 0.25) is 0 Å². The summed E-state index contributed by atoms with van der Waals surface area (Å²) >= 11 is 2.00. The van der Waals surface area contributed by atoms with Crippen LogP contribution in [0, 0.1) is 6.92 Å². The largest absolute Gasteiger partial charge is 0.495 e. The Labute approximate surface area is 180 Å². The van der Waals surface area contributed by atoms with Gasteiger partial charge in [-0.2, -0.15) is 11.8 Å². The molecule has 30 heavy (non-hydrogen) atoms. The summed E-state index contributed by atoms with van der Waals surface area (Å²) < 4.78 is 12.8. The molecule has 7 nitrogen and oxygen atoms in total. The number of thioether (sulfide) groups is 1. The number of hydrogen-bond acceptors (Lipinski definition) is 6. The fraction of sp³-hybridized carbons (Fsp3) is 0.364. The zero-order valence-electron chi connectivity index (χ0n) is 17.3. The molecule has 4 rings (SSSR count). The van der Waals surface area contributed by atoms with Gasteiger partial charge in [0.15, 0.2) is 0 Å². The van der Waals surface area contributed by atoms with Gasteiger partial charge in [0.25, 0.3) is 5.91 Å². The van der Waals surface area contributed by atoms with E-state index in [0.717, 1.165) is 18.8 Å². The van der Waals surface area contributed by atoms with Gasteiger partial charge in [-0.05, 0) is 43.3 Å². The van der Waals surface area contributed by atoms with Crippen LogP contribution in [0.3, 0.4) is 0 Å². The molecule has 1 aliphatic rings. The number of carbonyl (C=O) groups is 1. The summed E-state index contributed by atoms with van der Waals surface area (Å²) in [6, 6.07) is 11.8. The van der Waals surface area contributed by atoms with E-state index < -0.39 is 0 Å². The van der Waals surface area contributed by atoms with E-state index in [-0.39, 0.29) is 5.91 Å². The Morgan fingerprint density at radius 3 is 2.60 bits per heavy atom. The number of ether oxygens (including phenoxy) is 2. The molecule has 3 heterocycles. The molecule has 8 heteroatoms. The van der Waals surface area contributed by atoms with E-state index in [2.05, 4.69) is 27.3 Å². The van der Waals surface area contributed by atoms with Crippen molar-refractivity contribution in [2.75, 3.05) is 49.8 Å². The van der Waals surface area contributed by atoms with Crippen molar-refractivity contribution in [1.29, 1.82) is 0 Å². The van der Waals surface area contributed by atoms with Gasteiger partial charge in [-0.25, -0.2) is 4.98 Å². The van der Waals surface area contributed by atoms with Gasteiger partial charge in [-0.1, -0.05) is 0 Å². The zero-order valence-corrected chi connectivity index (χ0v) is 18.1. The van der Waals surface area contributed by atoms with Crippen molar-refractivity contribution in [2.24, 2.45) is 0 Å². The number of hydrogen-bond donors (Lipinski definition) is 1. The maximum atomic E-state index is 12.7.